The van der Waals surface area contributed by atoms with Crippen LogP contribution in [-0.2, 0) is 11.2 Å². The number of benzene rings is 2. The molecule has 0 spiro atoms. The lowest BCUT2D eigenvalue weighted by Crippen LogP contribution is -2.63. The van der Waals surface area contributed by atoms with Crippen LogP contribution >= 0.6 is 0 Å². The molecule has 0 unspecified atom stereocenters. The molecule has 0 bridgehead atoms. The predicted octanol–water partition coefficient (Wildman–Crippen LogP) is 4.16. The van der Waals surface area contributed by atoms with E-state index in [4.69, 9.17) is 9.47 Å². The second kappa shape index (κ2) is 11.0. The van der Waals surface area contributed by atoms with Gasteiger partial charge >= 0.3 is 6.09 Å². The quantitative estimate of drug-likeness (QED) is 0.652. The molecule has 1 amide bonds. The summed E-state index contributed by atoms with van der Waals surface area (Å²) in [6.45, 7) is 6.15. The number of carbonyl (C=O) groups excluding carboxylic acids is 1. The molecule has 2 N–H and O–H groups in total. The molecule has 4 atom stereocenters. The highest BCUT2D eigenvalue weighted by atomic mass is 19.1. The number of halogens is 1. The van der Waals surface area contributed by atoms with Gasteiger partial charge < -0.3 is 19.9 Å². The van der Waals surface area contributed by atoms with Crippen molar-refractivity contribution in [3.05, 3.63) is 66.0 Å². The molecule has 0 saturated heterocycles. The number of aliphatic hydroxyl groups excluding tert-OH is 1. The average molecular weight is 459 g/mol. The molecule has 0 heterocycles. The summed E-state index contributed by atoms with van der Waals surface area (Å²) in [5, 5.41) is 14.3. The lowest BCUT2D eigenvalue weighted by atomic mass is 9.84. The summed E-state index contributed by atoms with van der Waals surface area (Å²) in [6.07, 6.45) is 0.133. The number of hydrogen-bond acceptors (Lipinski definition) is 5. The van der Waals surface area contributed by atoms with Crippen molar-refractivity contribution in [3.8, 4) is 5.75 Å². The average Bonchev–Trinajstić information content (AvgIpc) is 2.75. The number of carbonyl (C=O) groups is 1. The molecular formula is C26H35FN2O4. The van der Waals surface area contributed by atoms with E-state index < -0.39 is 23.9 Å². The van der Waals surface area contributed by atoms with E-state index in [1.807, 2.05) is 46.0 Å². The van der Waals surface area contributed by atoms with Gasteiger partial charge in [-0.25, -0.2) is 9.18 Å². The molecular weight excluding hydrogens is 423 g/mol. The van der Waals surface area contributed by atoms with Crippen molar-refractivity contribution >= 4 is 6.09 Å². The van der Waals surface area contributed by atoms with Gasteiger partial charge in [-0.2, -0.15) is 0 Å². The Kier molecular flexibility index (Phi) is 8.32. The highest BCUT2D eigenvalue weighted by Crippen LogP contribution is 2.28. The predicted molar refractivity (Wildman–Crippen MR) is 126 cm³/mol. The number of nitrogens with zero attached hydrogens (tertiary/aromatic N) is 1. The van der Waals surface area contributed by atoms with Crippen LogP contribution in [0.5, 0.6) is 5.75 Å². The summed E-state index contributed by atoms with van der Waals surface area (Å²) in [6, 6.07) is 15.2. The summed E-state index contributed by atoms with van der Waals surface area (Å²) >= 11 is 0. The first-order chi connectivity index (χ1) is 15.6. The van der Waals surface area contributed by atoms with Gasteiger partial charge in [0.25, 0.3) is 0 Å². The van der Waals surface area contributed by atoms with E-state index in [1.165, 1.54) is 17.7 Å². The molecule has 1 aliphatic rings. The first kappa shape index (κ1) is 25.0. The third kappa shape index (κ3) is 7.44. The van der Waals surface area contributed by atoms with Crippen molar-refractivity contribution in [1.29, 1.82) is 0 Å². The summed E-state index contributed by atoms with van der Waals surface area (Å²) in [4.78, 5) is 14.6. The minimum absolute atomic E-state index is 0.302. The fourth-order valence-electron chi connectivity index (χ4n) is 4.24. The number of amides is 1. The number of alkyl carbamates (subject to hydrolysis) is 1. The Morgan fingerprint density at radius 3 is 2.42 bits per heavy atom. The Balaban J connectivity index is 1.73. The van der Waals surface area contributed by atoms with Crippen LogP contribution in [0.3, 0.4) is 0 Å². The van der Waals surface area contributed by atoms with Crippen molar-refractivity contribution in [2.24, 2.45) is 0 Å². The largest absolute Gasteiger partial charge is 0.488 e. The zero-order valence-electron chi connectivity index (χ0n) is 19.8. The monoisotopic (exact) mass is 458 g/mol. The topological polar surface area (TPSA) is 71.0 Å². The number of rotatable bonds is 7. The summed E-state index contributed by atoms with van der Waals surface area (Å²) < 4.78 is 24.7. The lowest BCUT2D eigenvalue weighted by Gasteiger charge is -2.44. The zero-order chi connectivity index (χ0) is 24.0. The number of hydrogen-bond donors (Lipinski definition) is 2. The standard InChI is InChI=1S/C26H35FN2O4/c1-26(2,3)33-25(31)28-21-14-15-22(32-20-12-10-19(27)11-13-20)24(30)23(21)29(4)17-16-18-8-6-5-7-9-18/h5-13,21-24,30H,14-17H2,1-4H3,(H,28,31)/t21-,22-,23+,24+/m1/s1. The van der Waals surface area contributed by atoms with Crippen LogP contribution in [0.15, 0.2) is 54.6 Å². The van der Waals surface area contributed by atoms with E-state index in [1.54, 1.807) is 12.1 Å². The molecule has 6 nitrogen and oxygen atoms in total. The van der Waals surface area contributed by atoms with Gasteiger partial charge in [0.2, 0.25) is 0 Å². The fourth-order valence-corrected chi connectivity index (χ4v) is 4.24. The number of nitrogens with one attached hydrogen (secondary N) is 1. The molecule has 180 valence electrons. The molecule has 3 rings (SSSR count). The number of ether oxygens (including phenoxy) is 2. The minimum atomic E-state index is -0.857. The Bertz CT molecular complexity index is 885. The molecule has 7 heteroatoms. The van der Waals surface area contributed by atoms with Crippen molar-refractivity contribution in [1.82, 2.24) is 10.2 Å². The van der Waals surface area contributed by atoms with Gasteiger partial charge in [-0.1, -0.05) is 30.3 Å². The van der Waals surface area contributed by atoms with E-state index in [0.29, 0.717) is 25.1 Å². The molecule has 0 radical (unpaired) electrons. The fraction of sp³-hybridized carbons (Fsp3) is 0.500. The van der Waals surface area contributed by atoms with Crippen LogP contribution in [0.4, 0.5) is 9.18 Å². The van der Waals surface area contributed by atoms with Gasteiger partial charge in [0.05, 0.1) is 12.1 Å². The molecule has 1 saturated carbocycles. The second-order valence-corrected chi connectivity index (χ2v) is 9.64. The van der Waals surface area contributed by atoms with E-state index in [9.17, 15) is 14.3 Å². The van der Waals surface area contributed by atoms with Crippen molar-refractivity contribution in [2.75, 3.05) is 13.6 Å². The van der Waals surface area contributed by atoms with Crippen LogP contribution in [0.2, 0.25) is 0 Å². The third-order valence-electron chi connectivity index (χ3n) is 5.81. The van der Waals surface area contributed by atoms with Gasteiger partial charge in [-0.15, -0.1) is 0 Å². The Morgan fingerprint density at radius 1 is 1.12 bits per heavy atom. The molecule has 2 aromatic carbocycles. The highest BCUT2D eigenvalue weighted by molar-refractivity contribution is 5.68. The summed E-state index contributed by atoms with van der Waals surface area (Å²) in [5.74, 6) is 0.163. The van der Waals surface area contributed by atoms with Crippen LogP contribution in [0.25, 0.3) is 0 Å². The van der Waals surface area contributed by atoms with Gasteiger partial charge in [-0.05, 0) is 76.9 Å². The van der Waals surface area contributed by atoms with E-state index in [2.05, 4.69) is 22.3 Å². The summed E-state index contributed by atoms with van der Waals surface area (Å²) in [5.41, 5.74) is 0.589. The maximum Gasteiger partial charge on any atom is 0.407 e. The van der Waals surface area contributed by atoms with Crippen LogP contribution in [-0.4, -0.2) is 59.6 Å². The van der Waals surface area contributed by atoms with E-state index in [-0.39, 0.29) is 17.9 Å². The molecule has 33 heavy (non-hydrogen) atoms. The number of aliphatic hydroxyl groups is 1. The smallest absolute Gasteiger partial charge is 0.407 e. The van der Waals surface area contributed by atoms with E-state index in [0.717, 1.165) is 6.42 Å². The minimum Gasteiger partial charge on any atom is -0.488 e. The normalized spacial score (nSPS) is 23.2. The van der Waals surface area contributed by atoms with Crippen molar-refractivity contribution < 1.29 is 23.8 Å². The number of likely N-dealkylation sites (N-methyl/N-ethyl adjacent to an activating group) is 1. The first-order valence-corrected chi connectivity index (χ1v) is 11.5. The SMILES string of the molecule is CN(CCc1ccccc1)[C@@H]1[C@@H](O)[C@H](Oc2ccc(F)cc2)CC[C@H]1NC(=O)OC(C)(C)C. The Labute approximate surface area is 195 Å². The second-order valence-electron chi connectivity index (χ2n) is 9.64. The third-order valence-corrected chi connectivity index (χ3v) is 5.81. The first-order valence-electron chi connectivity index (χ1n) is 11.5. The summed E-state index contributed by atoms with van der Waals surface area (Å²) in [7, 11) is 1.95. The van der Waals surface area contributed by atoms with Gasteiger partial charge in [-0.3, -0.25) is 4.90 Å². The van der Waals surface area contributed by atoms with Crippen LogP contribution in [0.1, 0.15) is 39.2 Å². The molecule has 0 aliphatic heterocycles. The highest BCUT2D eigenvalue weighted by Gasteiger charge is 2.43. The molecule has 1 fully saturated rings. The van der Waals surface area contributed by atoms with Crippen molar-refractivity contribution in [3.63, 3.8) is 0 Å². The molecule has 0 aromatic heterocycles. The van der Waals surface area contributed by atoms with Crippen LogP contribution < -0.4 is 10.1 Å². The van der Waals surface area contributed by atoms with Gasteiger partial charge in [0, 0.05) is 6.54 Å². The maximum absolute atomic E-state index is 13.3. The molecule has 2 aromatic rings. The lowest BCUT2D eigenvalue weighted by molar-refractivity contribution is -0.0610. The zero-order valence-corrected chi connectivity index (χ0v) is 19.8. The van der Waals surface area contributed by atoms with Crippen LogP contribution in [0, 0.1) is 5.82 Å². The van der Waals surface area contributed by atoms with Gasteiger partial charge in [0.1, 0.15) is 29.4 Å². The molecule has 1 aliphatic carbocycles. The van der Waals surface area contributed by atoms with E-state index >= 15 is 0 Å². The Hall–Kier alpha value is -2.64. The van der Waals surface area contributed by atoms with Gasteiger partial charge in [0.15, 0.2) is 0 Å². The van der Waals surface area contributed by atoms with Crippen molar-refractivity contribution in [2.45, 2.75) is 69.9 Å². The maximum atomic E-state index is 13.3. The Morgan fingerprint density at radius 2 is 1.79 bits per heavy atom.